The van der Waals surface area contributed by atoms with Crippen LogP contribution in [0.3, 0.4) is 0 Å². The van der Waals surface area contributed by atoms with Gasteiger partial charge in [0, 0.05) is 6.54 Å². The number of para-hydroxylation sites is 1. The van der Waals surface area contributed by atoms with Crippen molar-refractivity contribution in [2.45, 2.75) is 6.10 Å². The Balaban J connectivity index is 2.51. The first kappa shape index (κ1) is 16.4. The summed E-state index contributed by atoms with van der Waals surface area (Å²) in [6.07, 6.45) is -0.751. The van der Waals surface area contributed by atoms with Crippen molar-refractivity contribution in [1.29, 1.82) is 0 Å². The number of aliphatic hydroxyl groups excluding tert-OH is 1. The smallest absolute Gasteiger partial charge is 0.231 e. The first-order valence-corrected chi connectivity index (χ1v) is 6.47. The van der Waals surface area contributed by atoms with Crippen LogP contribution in [0.15, 0.2) is 24.3 Å². The van der Waals surface area contributed by atoms with Crippen LogP contribution < -0.4 is 16.2 Å². The number of carbonyl (C=O) groups is 1. The highest BCUT2D eigenvalue weighted by atomic mass is 32.1. The number of aliphatic hydroxyl groups is 1. The number of carbonyl (C=O) groups excluding carboxylic acids is 1. The molecule has 7 heteroatoms. The standard InChI is InChI=1S/C13H19N3O3S/c1-16(7-12(14)18)6-9(17)8-19-11-5-3-2-4-10(11)13(15)20/h2-5,9,17H,6-8H2,1H3,(H2,14,18)(H2,15,20). The topological polar surface area (TPSA) is 102 Å². The van der Waals surface area contributed by atoms with E-state index in [1.807, 2.05) is 0 Å². The van der Waals surface area contributed by atoms with E-state index in [2.05, 4.69) is 0 Å². The number of likely N-dealkylation sites (N-methyl/N-ethyl adjacent to an activating group) is 1. The van der Waals surface area contributed by atoms with Crippen molar-refractivity contribution in [3.63, 3.8) is 0 Å². The number of thiocarbonyl (C=S) groups is 1. The van der Waals surface area contributed by atoms with Crippen LogP contribution in [0.2, 0.25) is 0 Å². The molecule has 0 radical (unpaired) electrons. The maximum absolute atomic E-state index is 10.7. The molecule has 1 atom stereocenters. The predicted octanol–water partition coefficient (Wildman–Crippen LogP) is -0.522. The van der Waals surface area contributed by atoms with E-state index in [1.54, 1.807) is 36.2 Å². The number of rotatable bonds is 8. The fourth-order valence-corrected chi connectivity index (χ4v) is 1.89. The van der Waals surface area contributed by atoms with Gasteiger partial charge in [0.05, 0.1) is 12.1 Å². The second-order valence-electron chi connectivity index (χ2n) is 4.49. The summed E-state index contributed by atoms with van der Waals surface area (Å²) in [6, 6.07) is 7.08. The molecule has 6 nitrogen and oxygen atoms in total. The van der Waals surface area contributed by atoms with Crippen molar-refractivity contribution < 1.29 is 14.6 Å². The van der Waals surface area contributed by atoms with Gasteiger partial charge < -0.3 is 21.3 Å². The highest BCUT2D eigenvalue weighted by molar-refractivity contribution is 7.80. The molecule has 1 rings (SSSR count). The van der Waals surface area contributed by atoms with E-state index in [4.69, 9.17) is 28.4 Å². The number of primary amides is 1. The van der Waals surface area contributed by atoms with Crippen LogP contribution >= 0.6 is 12.2 Å². The number of nitrogens with two attached hydrogens (primary N) is 2. The van der Waals surface area contributed by atoms with Crippen LogP contribution in [-0.2, 0) is 4.79 Å². The van der Waals surface area contributed by atoms with Crippen LogP contribution in [-0.4, -0.2) is 53.8 Å². The highest BCUT2D eigenvalue weighted by Gasteiger charge is 2.12. The van der Waals surface area contributed by atoms with Gasteiger partial charge in [-0.15, -0.1) is 0 Å². The first-order valence-electron chi connectivity index (χ1n) is 6.06. The van der Waals surface area contributed by atoms with Crippen LogP contribution in [0, 0.1) is 0 Å². The molecule has 0 aromatic heterocycles. The summed E-state index contributed by atoms with van der Waals surface area (Å²) in [5, 5.41) is 9.84. The summed E-state index contributed by atoms with van der Waals surface area (Å²) < 4.78 is 5.51. The van der Waals surface area contributed by atoms with Crippen LogP contribution in [0.1, 0.15) is 5.56 Å². The average molecular weight is 297 g/mol. The van der Waals surface area contributed by atoms with E-state index in [9.17, 15) is 9.90 Å². The third kappa shape index (κ3) is 5.52. The molecule has 1 amide bonds. The second kappa shape index (κ2) is 7.78. The lowest BCUT2D eigenvalue weighted by atomic mass is 10.2. The molecule has 0 heterocycles. The molecular formula is C13H19N3O3S. The summed E-state index contributed by atoms with van der Waals surface area (Å²) in [6.45, 7) is 0.432. The predicted molar refractivity (Wildman–Crippen MR) is 80.5 cm³/mol. The number of hydrogen-bond donors (Lipinski definition) is 3. The maximum atomic E-state index is 10.7. The van der Waals surface area contributed by atoms with E-state index in [0.29, 0.717) is 11.3 Å². The summed E-state index contributed by atoms with van der Waals surface area (Å²) >= 11 is 4.92. The number of amides is 1. The molecule has 1 aromatic rings. The van der Waals surface area contributed by atoms with Gasteiger partial charge in [-0.25, -0.2) is 0 Å². The molecule has 0 spiro atoms. The van der Waals surface area contributed by atoms with Crippen LogP contribution in [0.4, 0.5) is 0 Å². The van der Waals surface area contributed by atoms with Gasteiger partial charge in [-0.1, -0.05) is 24.4 Å². The number of nitrogens with zero attached hydrogens (tertiary/aromatic N) is 1. The zero-order chi connectivity index (χ0) is 15.1. The zero-order valence-corrected chi connectivity index (χ0v) is 12.1. The van der Waals surface area contributed by atoms with E-state index in [1.165, 1.54) is 0 Å². The Hall–Kier alpha value is -1.70. The zero-order valence-electron chi connectivity index (χ0n) is 11.3. The van der Waals surface area contributed by atoms with Crippen molar-refractivity contribution in [2.75, 3.05) is 26.7 Å². The normalized spacial score (nSPS) is 12.2. The van der Waals surface area contributed by atoms with Crippen molar-refractivity contribution >= 4 is 23.1 Å². The van der Waals surface area contributed by atoms with Gasteiger partial charge in [0.15, 0.2) is 0 Å². The Labute approximate surface area is 123 Å². The molecule has 1 unspecified atom stereocenters. The fourth-order valence-electron chi connectivity index (χ4n) is 1.73. The first-order chi connectivity index (χ1) is 9.40. The lowest BCUT2D eigenvalue weighted by Gasteiger charge is -2.20. The third-order valence-corrected chi connectivity index (χ3v) is 2.75. The molecule has 0 aliphatic carbocycles. The van der Waals surface area contributed by atoms with Gasteiger partial charge in [-0.2, -0.15) is 0 Å². The minimum Gasteiger partial charge on any atom is -0.490 e. The minimum atomic E-state index is -0.751. The van der Waals surface area contributed by atoms with Gasteiger partial charge in [-0.05, 0) is 19.2 Å². The largest absolute Gasteiger partial charge is 0.490 e. The summed E-state index contributed by atoms with van der Waals surface area (Å²) in [5.74, 6) is 0.0797. The second-order valence-corrected chi connectivity index (χ2v) is 4.93. The Bertz CT molecular complexity index is 482. The van der Waals surface area contributed by atoms with Crippen molar-refractivity contribution in [2.24, 2.45) is 11.5 Å². The molecule has 0 saturated heterocycles. The molecular weight excluding hydrogens is 278 g/mol. The monoisotopic (exact) mass is 297 g/mol. The number of hydrogen-bond acceptors (Lipinski definition) is 5. The van der Waals surface area contributed by atoms with Crippen LogP contribution in [0.5, 0.6) is 5.75 Å². The van der Waals surface area contributed by atoms with Gasteiger partial charge in [0.2, 0.25) is 5.91 Å². The van der Waals surface area contributed by atoms with Gasteiger partial charge in [0.1, 0.15) is 23.4 Å². The van der Waals surface area contributed by atoms with Gasteiger partial charge >= 0.3 is 0 Å². The van der Waals surface area contributed by atoms with Crippen LogP contribution in [0.25, 0.3) is 0 Å². The van der Waals surface area contributed by atoms with Gasteiger partial charge in [0.25, 0.3) is 0 Å². The van der Waals surface area contributed by atoms with Crippen molar-refractivity contribution in [3.05, 3.63) is 29.8 Å². The molecule has 110 valence electrons. The molecule has 0 aliphatic rings. The van der Waals surface area contributed by atoms with E-state index in [-0.39, 0.29) is 24.7 Å². The lowest BCUT2D eigenvalue weighted by molar-refractivity contribution is -0.119. The Morgan fingerprint density at radius 1 is 1.45 bits per heavy atom. The molecule has 0 fully saturated rings. The molecule has 20 heavy (non-hydrogen) atoms. The fraction of sp³-hybridized carbons (Fsp3) is 0.385. The molecule has 0 bridgehead atoms. The number of benzene rings is 1. The molecule has 0 saturated carbocycles. The quantitative estimate of drug-likeness (QED) is 0.558. The van der Waals surface area contributed by atoms with Crippen molar-refractivity contribution in [3.8, 4) is 5.75 Å². The molecule has 5 N–H and O–H groups in total. The van der Waals surface area contributed by atoms with Gasteiger partial charge in [-0.3, -0.25) is 9.69 Å². The summed E-state index contributed by atoms with van der Waals surface area (Å²) in [7, 11) is 1.69. The van der Waals surface area contributed by atoms with E-state index >= 15 is 0 Å². The van der Waals surface area contributed by atoms with E-state index in [0.717, 1.165) is 0 Å². The minimum absolute atomic E-state index is 0.0722. The molecule has 1 aromatic carbocycles. The third-order valence-electron chi connectivity index (χ3n) is 2.53. The Morgan fingerprint density at radius 3 is 2.70 bits per heavy atom. The lowest BCUT2D eigenvalue weighted by Crippen LogP contribution is -2.38. The van der Waals surface area contributed by atoms with E-state index < -0.39 is 12.0 Å². The SMILES string of the molecule is CN(CC(N)=O)CC(O)COc1ccccc1C(N)=S. The highest BCUT2D eigenvalue weighted by Crippen LogP contribution is 2.17. The average Bonchev–Trinajstić information content (AvgIpc) is 2.35. The Morgan fingerprint density at radius 2 is 2.10 bits per heavy atom. The Kier molecular flexibility index (Phi) is 6.37. The summed E-state index contributed by atoms with van der Waals surface area (Å²) in [4.78, 5) is 12.6. The number of ether oxygens (including phenoxy) is 1. The molecule has 0 aliphatic heterocycles. The summed E-state index contributed by atoms with van der Waals surface area (Å²) in [5.41, 5.74) is 11.3. The van der Waals surface area contributed by atoms with Crippen molar-refractivity contribution in [1.82, 2.24) is 4.90 Å². The maximum Gasteiger partial charge on any atom is 0.231 e.